The second-order valence-electron chi connectivity index (χ2n) is 4.63. The van der Waals surface area contributed by atoms with Crippen LogP contribution in [0.3, 0.4) is 0 Å². The monoisotopic (exact) mass is 235 g/mol. The minimum Gasteiger partial charge on any atom is -0.397 e. The summed E-state index contributed by atoms with van der Waals surface area (Å²) in [6, 6.07) is 4.00. The third-order valence-electron chi connectivity index (χ3n) is 3.43. The SMILES string of the molecule is COCCN1CCC(c2ccc(N)cn2)CC1. The number of nitrogens with zero attached hydrogens (tertiary/aromatic N) is 2. The molecular formula is C13H21N3O. The van der Waals surface area contributed by atoms with Crippen molar-refractivity contribution in [1.29, 1.82) is 0 Å². The summed E-state index contributed by atoms with van der Waals surface area (Å²) in [5, 5.41) is 0. The third-order valence-corrected chi connectivity index (χ3v) is 3.43. The van der Waals surface area contributed by atoms with E-state index in [2.05, 4.69) is 16.0 Å². The Labute approximate surface area is 103 Å². The summed E-state index contributed by atoms with van der Waals surface area (Å²) in [4.78, 5) is 6.88. The number of hydrogen-bond acceptors (Lipinski definition) is 4. The largest absolute Gasteiger partial charge is 0.397 e. The van der Waals surface area contributed by atoms with E-state index in [4.69, 9.17) is 10.5 Å². The molecule has 0 spiro atoms. The summed E-state index contributed by atoms with van der Waals surface area (Å²) in [6.07, 6.45) is 4.12. The molecule has 0 unspecified atom stereocenters. The molecule has 4 heteroatoms. The highest BCUT2D eigenvalue weighted by Gasteiger charge is 2.20. The lowest BCUT2D eigenvalue weighted by molar-refractivity contribution is 0.130. The fraction of sp³-hybridized carbons (Fsp3) is 0.615. The van der Waals surface area contributed by atoms with Crippen molar-refractivity contribution in [1.82, 2.24) is 9.88 Å². The molecule has 1 saturated heterocycles. The first-order valence-corrected chi connectivity index (χ1v) is 6.22. The van der Waals surface area contributed by atoms with Crippen LogP contribution in [0.5, 0.6) is 0 Å². The lowest BCUT2D eigenvalue weighted by Gasteiger charge is -2.31. The van der Waals surface area contributed by atoms with Crippen molar-refractivity contribution in [2.45, 2.75) is 18.8 Å². The average molecular weight is 235 g/mol. The van der Waals surface area contributed by atoms with Gasteiger partial charge < -0.3 is 15.4 Å². The Morgan fingerprint density at radius 3 is 2.76 bits per heavy atom. The van der Waals surface area contributed by atoms with Crippen molar-refractivity contribution in [3.05, 3.63) is 24.0 Å². The molecule has 0 aromatic carbocycles. The summed E-state index contributed by atoms with van der Waals surface area (Å²) in [7, 11) is 1.76. The summed E-state index contributed by atoms with van der Waals surface area (Å²) < 4.78 is 5.10. The highest BCUT2D eigenvalue weighted by atomic mass is 16.5. The Morgan fingerprint density at radius 1 is 1.41 bits per heavy atom. The highest BCUT2D eigenvalue weighted by molar-refractivity contribution is 5.35. The first kappa shape index (κ1) is 12.3. The lowest BCUT2D eigenvalue weighted by Crippen LogP contribution is -2.35. The average Bonchev–Trinajstić information content (AvgIpc) is 2.38. The number of pyridine rings is 1. The molecule has 1 aromatic heterocycles. The molecule has 0 saturated carbocycles. The van der Waals surface area contributed by atoms with Crippen LogP contribution in [0.1, 0.15) is 24.5 Å². The van der Waals surface area contributed by atoms with E-state index in [0.717, 1.165) is 31.9 Å². The Bertz CT molecular complexity index is 331. The third kappa shape index (κ3) is 3.41. The van der Waals surface area contributed by atoms with Gasteiger partial charge in [-0.3, -0.25) is 4.98 Å². The highest BCUT2D eigenvalue weighted by Crippen LogP contribution is 2.26. The maximum absolute atomic E-state index is 5.65. The van der Waals surface area contributed by atoms with E-state index >= 15 is 0 Å². The van der Waals surface area contributed by atoms with Gasteiger partial charge >= 0.3 is 0 Å². The van der Waals surface area contributed by atoms with Gasteiger partial charge in [0.05, 0.1) is 18.5 Å². The molecule has 1 aliphatic rings. The number of aromatic nitrogens is 1. The standard InChI is InChI=1S/C13H21N3O/c1-17-9-8-16-6-4-11(5-7-16)13-3-2-12(14)10-15-13/h2-3,10-11H,4-9,14H2,1H3. The normalized spacial score (nSPS) is 18.4. The van der Waals surface area contributed by atoms with Crippen molar-refractivity contribution in [2.75, 3.05) is 39.1 Å². The Morgan fingerprint density at radius 2 is 2.18 bits per heavy atom. The quantitative estimate of drug-likeness (QED) is 0.859. The molecule has 2 rings (SSSR count). The number of methoxy groups -OCH3 is 1. The van der Waals surface area contributed by atoms with Gasteiger partial charge in [-0.25, -0.2) is 0 Å². The first-order chi connectivity index (χ1) is 8.29. The van der Waals surface area contributed by atoms with Crippen molar-refractivity contribution < 1.29 is 4.74 Å². The van der Waals surface area contributed by atoms with Crippen LogP contribution in [0, 0.1) is 0 Å². The van der Waals surface area contributed by atoms with Gasteiger partial charge in [0.1, 0.15) is 0 Å². The van der Waals surface area contributed by atoms with Gasteiger partial charge in [0.2, 0.25) is 0 Å². The maximum atomic E-state index is 5.65. The number of rotatable bonds is 4. The Balaban J connectivity index is 1.84. The summed E-state index contributed by atoms with van der Waals surface area (Å²) in [5.41, 5.74) is 7.58. The van der Waals surface area contributed by atoms with Gasteiger partial charge in [0.15, 0.2) is 0 Å². The number of ether oxygens (including phenoxy) is 1. The van der Waals surface area contributed by atoms with Crippen molar-refractivity contribution in [2.24, 2.45) is 0 Å². The van der Waals surface area contributed by atoms with E-state index in [-0.39, 0.29) is 0 Å². The van der Waals surface area contributed by atoms with Gasteiger partial charge in [-0.05, 0) is 38.1 Å². The van der Waals surface area contributed by atoms with E-state index in [9.17, 15) is 0 Å². The molecule has 4 nitrogen and oxygen atoms in total. The fourth-order valence-corrected chi connectivity index (χ4v) is 2.33. The fourth-order valence-electron chi connectivity index (χ4n) is 2.33. The van der Waals surface area contributed by atoms with Crippen LogP contribution in [-0.4, -0.2) is 43.2 Å². The van der Waals surface area contributed by atoms with E-state index < -0.39 is 0 Å². The predicted octanol–water partition coefficient (Wildman–Crippen LogP) is 1.49. The van der Waals surface area contributed by atoms with E-state index in [1.165, 1.54) is 18.5 Å². The van der Waals surface area contributed by atoms with Crippen molar-refractivity contribution in [3.63, 3.8) is 0 Å². The lowest BCUT2D eigenvalue weighted by atomic mass is 9.93. The van der Waals surface area contributed by atoms with Crippen molar-refractivity contribution >= 4 is 5.69 Å². The summed E-state index contributed by atoms with van der Waals surface area (Å²) in [6.45, 7) is 4.14. The van der Waals surface area contributed by atoms with E-state index in [1.807, 2.05) is 6.07 Å². The molecule has 1 aromatic rings. The number of hydrogen-bond donors (Lipinski definition) is 1. The first-order valence-electron chi connectivity index (χ1n) is 6.22. The van der Waals surface area contributed by atoms with Crippen LogP contribution in [0.4, 0.5) is 5.69 Å². The number of nitrogens with two attached hydrogens (primary N) is 1. The molecule has 1 aliphatic heterocycles. The molecule has 0 aliphatic carbocycles. The van der Waals surface area contributed by atoms with E-state index in [0.29, 0.717) is 5.92 Å². The zero-order chi connectivity index (χ0) is 12.1. The summed E-state index contributed by atoms with van der Waals surface area (Å²) in [5.74, 6) is 0.592. The molecule has 0 radical (unpaired) electrons. The molecule has 17 heavy (non-hydrogen) atoms. The molecule has 2 N–H and O–H groups in total. The molecule has 2 heterocycles. The van der Waals surface area contributed by atoms with Crippen LogP contribution in [0.2, 0.25) is 0 Å². The zero-order valence-electron chi connectivity index (χ0n) is 10.4. The second-order valence-corrected chi connectivity index (χ2v) is 4.63. The molecular weight excluding hydrogens is 214 g/mol. The van der Waals surface area contributed by atoms with Gasteiger partial charge in [-0.1, -0.05) is 0 Å². The van der Waals surface area contributed by atoms with Crippen LogP contribution < -0.4 is 5.73 Å². The number of anilines is 1. The van der Waals surface area contributed by atoms with Crippen LogP contribution in [0.25, 0.3) is 0 Å². The van der Waals surface area contributed by atoms with E-state index in [1.54, 1.807) is 13.3 Å². The van der Waals surface area contributed by atoms with Gasteiger partial charge in [0, 0.05) is 25.3 Å². The minimum atomic E-state index is 0.592. The predicted molar refractivity (Wildman–Crippen MR) is 68.9 cm³/mol. The van der Waals surface area contributed by atoms with Gasteiger partial charge in [-0.15, -0.1) is 0 Å². The topological polar surface area (TPSA) is 51.4 Å². The Kier molecular flexibility index (Phi) is 4.34. The van der Waals surface area contributed by atoms with Crippen LogP contribution in [-0.2, 0) is 4.74 Å². The number of likely N-dealkylation sites (tertiary alicyclic amines) is 1. The maximum Gasteiger partial charge on any atom is 0.0589 e. The van der Waals surface area contributed by atoms with Gasteiger partial charge in [-0.2, -0.15) is 0 Å². The smallest absolute Gasteiger partial charge is 0.0589 e. The number of piperidine rings is 1. The molecule has 0 atom stereocenters. The van der Waals surface area contributed by atoms with Crippen molar-refractivity contribution in [3.8, 4) is 0 Å². The number of nitrogen functional groups attached to an aromatic ring is 1. The zero-order valence-corrected chi connectivity index (χ0v) is 10.4. The molecule has 94 valence electrons. The molecule has 0 bridgehead atoms. The Hall–Kier alpha value is -1.13. The van der Waals surface area contributed by atoms with Crippen LogP contribution >= 0.6 is 0 Å². The summed E-state index contributed by atoms with van der Waals surface area (Å²) >= 11 is 0. The van der Waals surface area contributed by atoms with Crippen LogP contribution in [0.15, 0.2) is 18.3 Å². The van der Waals surface area contributed by atoms with Gasteiger partial charge in [0.25, 0.3) is 0 Å². The molecule has 0 amide bonds. The second kappa shape index (κ2) is 5.98. The molecule has 1 fully saturated rings. The minimum absolute atomic E-state index is 0.592.